The number of rotatable bonds is 35. The maximum absolute atomic E-state index is 15.7. The van der Waals surface area contributed by atoms with Crippen molar-refractivity contribution in [1.82, 2.24) is 78.4 Å². The summed E-state index contributed by atoms with van der Waals surface area (Å²) in [6.45, 7) is 44.4. The number of amides is 4. The molecular formula is C109H137F3N16O9Si4. The van der Waals surface area contributed by atoms with Gasteiger partial charge in [0, 0.05) is 107 Å². The molecule has 6 aromatic heterocycles. The number of urea groups is 2. The summed E-state index contributed by atoms with van der Waals surface area (Å²) in [6, 6.07) is 52.2. The predicted octanol–water partition coefficient (Wildman–Crippen LogP) is 24.5. The predicted molar refractivity (Wildman–Crippen MR) is 562 cm³/mol. The monoisotopic (exact) mass is 1980 g/mol. The molecular weight excluding hydrogens is 1850 g/mol. The van der Waals surface area contributed by atoms with Gasteiger partial charge in [-0.05, 0) is 222 Å². The third kappa shape index (κ3) is 23.9. The maximum atomic E-state index is 15.7. The number of nitrogens with one attached hydrogen (secondary N) is 2. The highest BCUT2D eigenvalue weighted by atomic mass is 28.3. The molecule has 25 nitrogen and oxygen atoms in total. The van der Waals surface area contributed by atoms with Crippen molar-refractivity contribution in [1.29, 1.82) is 0 Å². The van der Waals surface area contributed by atoms with E-state index in [9.17, 15) is 19.1 Å². The van der Waals surface area contributed by atoms with Gasteiger partial charge in [0.25, 0.3) is 0 Å². The van der Waals surface area contributed by atoms with E-state index < -0.39 is 43.9 Å². The number of carbonyl (C=O) groups is 2. The molecule has 3 N–H and O–H groups in total. The summed E-state index contributed by atoms with van der Waals surface area (Å²) in [7, 11) is -5.09. The van der Waals surface area contributed by atoms with Gasteiger partial charge < -0.3 is 67.2 Å². The Morgan fingerprint density at radius 2 is 0.844 bits per heavy atom. The first-order valence-corrected chi connectivity index (χ1v) is 65.2. The number of aromatic amines is 2. The lowest BCUT2D eigenvalue weighted by Crippen LogP contribution is -2.39. The average molecular weight is 1980 g/mol. The topological polar surface area (TPSA) is 251 Å². The van der Waals surface area contributed by atoms with E-state index in [1.54, 1.807) is 12.1 Å². The van der Waals surface area contributed by atoms with Crippen LogP contribution in [0.3, 0.4) is 0 Å². The standard InChI is InChI=1S/C44H59FN6O4Si2.C40H53FN4O3Si2.C25H25FN6O2/c1-8-33-25-41(55-29-32-14-10-9-11-15-32)37(45)26-36(33)34-16-17-35-39(24-34)51(31-54-21-23-57(5,6)7)47-42(35)43-46-38-27-49(44(52)48-18-12-13-19-48)28-40(38)50(43)30-53-20-22-56(2,3)4;1-8-30-24-38(48-26-29-13-10-9-11-14-29)34(41)25-33(30)31-17-18-32-37(23-31)45(28-47-20-22-50(5,6)7)43-39(32)40-42-35-15-12-16-36(35)44(40)27-46-19-21-49(2,3)4;1-2-14-10-22(33)18(26)11-17(14)15-5-6-16-19(9-15)29-30-23(16)24-27-20-12-32(13-21(20)28-24)25(34)31-7-3-4-8-31/h9-11,14-17,24-26H,8,12-13,18-23,27-31H2,1-7H3;9-11,13-14,17-18,23-25H,8,12,15-16,19-22,26-28H2,1-7H3;5-6,9-11,33H,2-4,7-8,12-13H2,1H3,(H,27,28)(H,29,30). The molecule has 0 radical (unpaired) electrons. The Bertz CT molecular complexity index is 6770. The number of ether oxygens (including phenoxy) is 6. The number of fused-ring (bicyclic) bond motifs is 6. The Balaban J connectivity index is 0.000000150. The van der Waals surface area contributed by atoms with Gasteiger partial charge in [0.15, 0.2) is 52.2 Å². The van der Waals surface area contributed by atoms with E-state index in [1.165, 1.54) is 17.8 Å². The van der Waals surface area contributed by atoms with Gasteiger partial charge >= 0.3 is 12.1 Å². The lowest BCUT2D eigenvalue weighted by Gasteiger charge is -2.24. The number of aromatic nitrogens is 12. The van der Waals surface area contributed by atoms with Gasteiger partial charge in [0.1, 0.15) is 57.2 Å². The van der Waals surface area contributed by atoms with E-state index in [1.807, 2.05) is 133 Å². The molecule has 19 rings (SSSR count). The molecule has 1 aliphatic carbocycles. The lowest BCUT2D eigenvalue weighted by molar-refractivity contribution is 0.0813. The van der Waals surface area contributed by atoms with Crippen molar-refractivity contribution in [3.8, 4) is 85.2 Å². The summed E-state index contributed by atoms with van der Waals surface area (Å²) in [5.74, 6) is 1.01. The first-order chi connectivity index (χ1) is 67.7. The van der Waals surface area contributed by atoms with E-state index in [0.29, 0.717) is 104 Å². The summed E-state index contributed by atoms with van der Waals surface area (Å²) >= 11 is 0. The maximum Gasteiger partial charge on any atom is 0.320 e. The van der Waals surface area contributed by atoms with Crippen LogP contribution in [-0.4, -0.2) is 180 Å². The van der Waals surface area contributed by atoms with Crippen LogP contribution in [0.1, 0.15) is 115 Å². The molecule has 4 amide bonds. The molecule has 0 bridgehead atoms. The third-order valence-corrected chi connectivity index (χ3v) is 34.1. The summed E-state index contributed by atoms with van der Waals surface area (Å²) in [5.41, 5.74) is 21.0. The van der Waals surface area contributed by atoms with Gasteiger partial charge in [-0.1, -0.05) is 178 Å². The van der Waals surface area contributed by atoms with Crippen molar-refractivity contribution in [2.24, 2.45) is 0 Å². The van der Waals surface area contributed by atoms with Gasteiger partial charge in [0.05, 0.1) is 71.2 Å². The highest BCUT2D eigenvalue weighted by Crippen LogP contribution is 2.43. The molecule has 141 heavy (non-hydrogen) atoms. The molecule has 2 saturated heterocycles. The van der Waals surface area contributed by atoms with Gasteiger partial charge in [-0.15, -0.1) is 0 Å². The zero-order valence-electron chi connectivity index (χ0n) is 84.7. The van der Waals surface area contributed by atoms with Crippen molar-refractivity contribution < 1.29 is 56.3 Å². The first kappa shape index (κ1) is 101. The van der Waals surface area contributed by atoms with E-state index >= 15 is 8.78 Å². The Morgan fingerprint density at radius 3 is 1.31 bits per heavy atom. The Hall–Kier alpha value is -11.8. The number of hydrogen-bond donors (Lipinski definition) is 3. The molecule has 0 spiro atoms. The van der Waals surface area contributed by atoms with E-state index in [2.05, 4.69) is 147 Å². The van der Waals surface area contributed by atoms with Gasteiger partial charge in [-0.25, -0.2) is 47.1 Å². The number of phenols is 1. The number of imidazole rings is 3. The van der Waals surface area contributed by atoms with Gasteiger partial charge in [0.2, 0.25) is 0 Å². The largest absolute Gasteiger partial charge is 0.505 e. The number of carbonyl (C=O) groups excluding carboxylic acids is 2. The van der Waals surface area contributed by atoms with Crippen LogP contribution in [0.15, 0.2) is 152 Å². The summed E-state index contributed by atoms with van der Waals surface area (Å²) in [6.07, 6.45) is 9.45. The Kier molecular flexibility index (Phi) is 31.1. The quantitative estimate of drug-likeness (QED) is 0.0247. The Labute approximate surface area is 829 Å². The van der Waals surface area contributed by atoms with Crippen molar-refractivity contribution in [3.63, 3.8) is 0 Å². The van der Waals surface area contributed by atoms with Crippen LogP contribution in [0, 0.1) is 17.5 Å². The van der Waals surface area contributed by atoms with Crippen LogP contribution in [0.4, 0.5) is 22.8 Å². The number of aryl methyl sites for hydroxylation is 4. The van der Waals surface area contributed by atoms with Crippen LogP contribution in [0.5, 0.6) is 17.2 Å². The van der Waals surface area contributed by atoms with Crippen LogP contribution in [0.2, 0.25) is 103 Å². The fourth-order valence-electron chi connectivity index (χ4n) is 18.9. The number of aromatic hydroxyl groups is 1. The summed E-state index contributed by atoms with van der Waals surface area (Å²) in [4.78, 5) is 52.3. The second kappa shape index (κ2) is 43.6. The minimum absolute atomic E-state index is 0.0784. The Morgan fingerprint density at radius 1 is 0.418 bits per heavy atom. The molecule has 4 aliphatic heterocycles. The molecule has 0 atom stereocenters. The number of benzene rings is 8. The fourth-order valence-corrected chi connectivity index (χ4v) is 22.0. The smallest absolute Gasteiger partial charge is 0.320 e. The number of likely N-dealkylation sites (tertiary alicyclic amines) is 2. The number of hydrogen-bond acceptors (Lipinski definition) is 15. The zero-order valence-corrected chi connectivity index (χ0v) is 88.7. The number of phenolic OH excluding ortho intramolecular Hbond substituents is 1. The highest BCUT2D eigenvalue weighted by Gasteiger charge is 2.37. The van der Waals surface area contributed by atoms with E-state index in [4.69, 9.17) is 53.6 Å². The van der Waals surface area contributed by atoms with Crippen molar-refractivity contribution in [2.75, 3.05) is 52.6 Å². The molecule has 10 heterocycles. The summed E-state index contributed by atoms with van der Waals surface area (Å²) < 4.78 is 90.8. The summed E-state index contributed by atoms with van der Waals surface area (Å²) in [5, 5.41) is 30.5. The SMILES string of the molecule is CCc1cc(O)c(F)cc1-c1ccc2c(-c3nc4c([nH]3)CN(C(=O)N3CCCC3)C4)n[nH]c2c1.CCc1cc(OCc2ccccc2)c(F)cc1-c1ccc2c(-c3nc4c(n3COCC[Si](C)(C)C)CCC4)nn(COCC[Si](C)(C)C)c2c1.CCc1cc(OCc2ccccc2)c(F)cc1-c1ccc2c(-c3nc4c(n3COCC[Si](C)(C)C)CN(C(=O)N3CCCC3)C4)nn(COCC[Si](C)(C)C)c2c1. The van der Waals surface area contributed by atoms with Crippen LogP contribution >= 0.6 is 0 Å². The number of H-pyrrole nitrogens is 2. The molecule has 32 heteroatoms. The van der Waals surface area contributed by atoms with Crippen molar-refractivity contribution in [3.05, 3.63) is 231 Å². The van der Waals surface area contributed by atoms with Crippen LogP contribution < -0.4 is 9.47 Å². The fraction of sp³-hybridized carbons (Fsp3) is 0.431. The van der Waals surface area contributed by atoms with E-state index in [0.717, 1.165) is 254 Å². The second-order valence-corrected chi connectivity index (χ2v) is 65.4. The normalized spacial score (nSPS) is 14.4. The second-order valence-electron chi connectivity index (χ2n) is 42.9. The minimum Gasteiger partial charge on any atom is -0.505 e. The molecule has 14 aromatic rings. The zero-order chi connectivity index (χ0) is 99.2. The molecule has 8 aromatic carbocycles. The van der Waals surface area contributed by atoms with Crippen molar-refractivity contribution in [2.45, 2.75) is 254 Å². The molecule has 744 valence electrons. The average Bonchev–Trinajstić information content (AvgIpc) is 1.57. The molecule has 2 fully saturated rings. The highest BCUT2D eigenvalue weighted by molar-refractivity contribution is 6.77. The number of halogens is 3. The molecule has 0 saturated carbocycles. The van der Waals surface area contributed by atoms with Gasteiger partial charge in [-0.3, -0.25) is 5.10 Å². The molecule has 5 aliphatic rings. The van der Waals surface area contributed by atoms with E-state index in [-0.39, 0.29) is 41.9 Å². The lowest BCUT2D eigenvalue weighted by atomic mass is 9.96. The van der Waals surface area contributed by atoms with Crippen LogP contribution in [-0.2, 0) is 117 Å². The van der Waals surface area contributed by atoms with Crippen molar-refractivity contribution >= 4 is 77.1 Å². The number of nitrogens with zero attached hydrogens (tertiary/aromatic N) is 14. The van der Waals surface area contributed by atoms with Crippen LogP contribution in [0.25, 0.3) is 101 Å². The minimum atomic E-state index is -1.31. The van der Waals surface area contributed by atoms with Gasteiger partial charge in [-0.2, -0.15) is 15.3 Å². The first-order valence-electron chi connectivity index (χ1n) is 50.3. The third-order valence-electron chi connectivity index (χ3n) is 27.3. The molecule has 0 unspecified atom stereocenters.